The summed E-state index contributed by atoms with van der Waals surface area (Å²) in [5, 5.41) is 29.8. The van der Waals surface area contributed by atoms with Gasteiger partial charge in [-0.25, -0.2) is 5.43 Å². The molecular formula is C21H16N6O5. The summed E-state index contributed by atoms with van der Waals surface area (Å²) in [6.45, 7) is 0. The van der Waals surface area contributed by atoms with Gasteiger partial charge in [-0.2, -0.15) is 10.2 Å². The number of nitrogens with zero attached hydrogens (tertiary/aromatic N) is 4. The Hall–Kier alpha value is -4.93. The van der Waals surface area contributed by atoms with Crippen molar-refractivity contribution in [2.45, 2.75) is 0 Å². The molecule has 0 aliphatic carbocycles. The Labute approximate surface area is 181 Å². The highest BCUT2D eigenvalue weighted by Gasteiger charge is 2.11. The van der Waals surface area contributed by atoms with Gasteiger partial charge in [0.2, 0.25) is 0 Å². The van der Waals surface area contributed by atoms with Gasteiger partial charge in [-0.05, 0) is 30.3 Å². The predicted molar refractivity (Wildman–Crippen MR) is 119 cm³/mol. The lowest BCUT2D eigenvalue weighted by atomic mass is 10.2. The number of para-hydroxylation sites is 2. The van der Waals surface area contributed by atoms with Gasteiger partial charge in [0.05, 0.1) is 39.1 Å². The first-order valence-electron chi connectivity index (χ1n) is 9.15. The van der Waals surface area contributed by atoms with Crippen LogP contribution < -0.4 is 10.9 Å². The largest absolute Gasteiger partial charge is 0.278 e. The Balaban J connectivity index is 1.65. The summed E-state index contributed by atoms with van der Waals surface area (Å²) in [7, 11) is 0. The summed E-state index contributed by atoms with van der Waals surface area (Å²) in [5.74, 6) is -0.536. The van der Waals surface area contributed by atoms with Gasteiger partial charge in [-0.15, -0.1) is 0 Å². The number of amides is 1. The number of carbonyl (C=O) groups excluding carboxylic acids is 1. The third-order valence-corrected chi connectivity index (χ3v) is 4.16. The molecule has 0 aliphatic heterocycles. The summed E-state index contributed by atoms with van der Waals surface area (Å²) < 4.78 is 0. The van der Waals surface area contributed by atoms with Crippen molar-refractivity contribution in [3.05, 3.63) is 110 Å². The van der Waals surface area contributed by atoms with Crippen molar-refractivity contribution >= 4 is 35.4 Å². The Morgan fingerprint density at radius 1 is 0.781 bits per heavy atom. The zero-order chi connectivity index (χ0) is 22.9. The third kappa shape index (κ3) is 5.57. The molecule has 1 amide bonds. The van der Waals surface area contributed by atoms with Gasteiger partial charge in [-0.3, -0.25) is 30.4 Å². The molecule has 0 spiro atoms. The molecule has 0 aromatic heterocycles. The molecule has 0 fully saturated rings. The minimum absolute atomic E-state index is 0.0808. The van der Waals surface area contributed by atoms with E-state index in [1.807, 2.05) is 0 Å². The highest BCUT2D eigenvalue weighted by Crippen LogP contribution is 2.17. The van der Waals surface area contributed by atoms with Gasteiger partial charge in [0, 0.05) is 17.7 Å². The second-order valence-electron chi connectivity index (χ2n) is 6.28. The van der Waals surface area contributed by atoms with E-state index in [1.165, 1.54) is 42.8 Å². The van der Waals surface area contributed by atoms with Crippen LogP contribution in [0.1, 0.15) is 21.5 Å². The maximum Gasteiger partial charge on any atom is 0.278 e. The van der Waals surface area contributed by atoms with Crippen LogP contribution in [0.2, 0.25) is 0 Å². The quantitative estimate of drug-likeness (QED) is 0.314. The molecule has 0 atom stereocenters. The summed E-state index contributed by atoms with van der Waals surface area (Å²) in [6.07, 6.45) is 2.50. The molecule has 11 nitrogen and oxygen atoms in total. The van der Waals surface area contributed by atoms with Gasteiger partial charge >= 0.3 is 0 Å². The lowest BCUT2D eigenvalue weighted by Gasteiger charge is -2.04. The van der Waals surface area contributed by atoms with Crippen LogP contribution in [0.15, 0.2) is 83.0 Å². The van der Waals surface area contributed by atoms with Gasteiger partial charge in [0.25, 0.3) is 17.3 Å². The fourth-order valence-electron chi connectivity index (χ4n) is 2.66. The van der Waals surface area contributed by atoms with E-state index in [0.29, 0.717) is 11.3 Å². The molecule has 3 rings (SSSR count). The lowest BCUT2D eigenvalue weighted by molar-refractivity contribution is -0.385. The first kappa shape index (κ1) is 21.8. The molecule has 0 aliphatic rings. The Morgan fingerprint density at radius 3 is 1.94 bits per heavy atom. The number of nitro benzene ring substituents is 2. The number of nitrogens with one attached hydrogen (secondary N) is 2. The van der Waals surface area contributed by atoms with Gasteiger partial charge in [0.1, 0.15) is 0 Å². The van der Waals surface area contributed by atoms with E-state index in [-0.39, 0.29) is 22.5 Å². The molecule has 0 saturated carbocycles. The highest BCUT2D eigenvalue weighted by molar-refractivity contribution is 5.96. The molecule has 0 bridgehead atoms. The molecule has 0 radical (unpaired) electrons. The molecule has 0 heterocycles. The fraction of sp³-hybridized carbons (Fsp3) is 0. The molecular weight excluding hydrogens is 416 g/mol. The van der Waals surface area contributed by atoms with E-state index in [4.69, 9.17) is 0 Å². The van der Waals surface area contributed by atoms with Crippen molar-refractivity contribution in [2.24, 2.45) is 10.2 Å². The molecule has 3 aromatic carbocycles. The van der Waals surface area contributed by atoms with E-state index < -0.39 is 15.8 Å². The third-order valence-electron chi connectivity index (χ3n) is 4.16. The van der Waals surface area contributed by atoms with Crippen molar-refractivity contribution in [3.63, 3.8) is 0 Å². The van der Waals surface area contributed by atoms with Crippen molar-refractivity contribution in [1.29, 1.82) is 0 Å². The van der Waals surface area contributed by atoms with E-state index in [2.05, 4.69) is 21.1 Å². The molecule has 0 saturated heterocycles. The summed E-state index contributed by atoms with van der Waals surface area (Å²) in [5.41, 5.74) is 6.10. The maximum atomic E-state index is 12.3. The standard InChI is InChI=1S/C21H16N6O5/c28-21(25-23-14-17-7-2-4-11-20(17)27(31)32)15-8-5-9-18(12-15)24-22-13-16-6-1-3-10-19(16)26(29)30/h1-14,24H,(H,25,28). The van der Waals surface area contributed by atoms with Crippen LogP contribution in [0.3, 0.4) is 0 Å². The summed E-state index contributed by atoms with van der Waals surface area (Å²) in [6, 6.07) is 18.5. The Bertz CT molecular complexity index is 1220. The van der Waals surface area contributed by atoms with Crippen molar-refractivity contribution < 1.29 is 14.6 Å². The lowest BCUT2D eigenvalue weighted by Crippen LogP contribution is -2.17. The van der Waals surface area contributed by atoms with Crippen molar-refractivity contribution in [3.8, 4) is 0 Å². The molecule has 3 aromatic rings. The van der Waals surface area contributed by atoms with Crippen LogP contribution in [0, 0.1) is 20.2 Å². The number of benzene rings is 3. The van der Waals surface area contributed by atoms with Crippen LogP contribution in [-0.4, -0.2) is 28.2 Å². The average Bonchev–Trinajstić information content (AvgIpc) is 2.79. The topological polar surface area (TPSA) is 152 Å². The average molecular weight is 432 g/mol. The minimum Gasteiger partial charge on any atom is -0.278 e. The van der Waals surface area contributed by atoms with Crippen LogP contribution in [0.5, 0.6) is 0 Å². The van der Waals surface area contributed by atoms with Crippen molar-refractivity contribution in [1.82, 2.24) is 5.43 Å². The first-order chi connectivity index (χ1) is 15.5. The SMILES string of the molecule is O=C(NN=Cc1ccccc1[N+](=O)[O-])c1cccc(NN=Cc2ccccc2[N+](=O)[O-])c1. The van der Waals surface area contributed by atoms with E-state index in [9.17, 15) is 25.0 Å². The van der Waals surface area contributed by atoms with Crippen molar-refractivity contribution in [2.75, 3.05) is 5.43 Å². The van der Waals surface area contributed by atoms with E-state index in [0.717, 1.165) is 0 Å². The summed E-state index contributed by atoms with van der Waals surface area (Å²) in [4.78, 5) is 33.3. The minimum atomic E-state index is -0.539. The number of anilines is 1. The maximum absolute atomic E-state index is 12.3. The van der Waals surface area contributed by atoms with Crippen LogP contribution in [0.25, 0.3) is 0 Å². The van der Waals surface area contributed by atoms with Crippen LogP contribution in [0.4, 0.5) is 17.1 Å². The fourth-order valence-corrected chi connectivity index (χ4v) is 2.66. The van der Waals surface area contributed by atoms with Crippen LogP contribution in [-0.2, 0) is 0 Å². The second kappa shape index (κ2) is 10.2. The monoisotopic (exact) mass is 432 g/mol. The predicted octanol–water partition coefficient (Wildman–Crippen LogP) is 3.71. The normalized spacial score (nSPS) is 10.9. The molecule has 11 heteroatoms. The first-order valence-corrected chi connectivity index (χ1v) is 9.15. The molecule has 160 valence electrons. The number of rotatable bonds is 8. The zero-order valence-corrected chi connectivity index (χ0v) is 16.4. The van der Waals surface area contributed by atoms with Crippen LogP contribution >= 0.6 is 0 Å². The number of hydrazone groups is 2. The smallest absolute Gasteiger partial charge is 0.278 e. The molecule has 0 unspecified atom stereocenters. The van der Waals surface area contributed by atoms with E-state index >= 15 is 0 Å². The highest BCUT2D eigenvalue weighted by atomic mass is 16.6. The number of nitro groups is 2. The van der Waals surface area contributed by atoms with Gasteiger partial charge in [-0.1, -0.05) is 30.3 Å². The molecule has 2 N–H and O–H groups in total. The van der Waals surface area contributed by atoms with Gasteiger partial charge in [0.15, 0.2) is 0 Å². The number of carbonyl (C=O) groups is 1. The number of hydrogen-bond donors (Lipinski definition) is 2. The number of hydrogen-bond acceptors (Lipinski definition) is 8. The summed E-state index contributed by atoms with van der Waals surface area (Å²) >= 11 is 0. The van der Waals surface area contributed by atoms with Gasteiger partial charge < -0.3 is 0 Å². The zero-order valence-electron chi connectivity index (χ0n) is 16.4. The van der Waals surface area contributed by atoms with E-state index in [1.54, 1.807) is 42.5 Å². The Kier molecular flexibility index (Phi) is 6.94. The second-order valence-corrected chi connectivity index (χ2v) is 6.28. The Morgan fingerprint density at radius 2 is 1.34 bits per heavy atom. The molecule has 32 heavy (non-hydrogen) atoms.